The molecule has 1 aromatic heterocycles. The van der Waals surface area contributed by atoms with Crippen molar-refractivity contribution < 1.29 is 9.47 Å². The van der Waals surface area contributed by atoms with Crippen LogP contribution in [0.1, 0.15) is 22.7 Å². The number of halogens is 1. The molecule has 30 heavy (non-hydrogen) atoms. The highest BCUT2D eigenvalue weighted by Crippen LogP contribution is 2.40. The number of ether oxygens (including phenoxy) is 2. The average molecular weight is 427 g/mol. The number of benzene rings is 1. The summed E-state index contributed by atoms with van der Waals surface area (Å²) in [4.78, 5) is 15.8. The van der Waals surface area contributed by atoms with E-state index in [4.69, 9.17) is 26.8 Å². The fourth-order valence-electron chi connectivity index (χ4n) is 4.02. The molecule has 0 unspecified atom stereocenters. The van der Waals surface area contributed by atoms with Gasteiger partial charge in [0, 0.05) is 43.0 Å². The second-order valence-electron chi connectivity index (χ2n) is 7.45. The summed E-state index contributed by atoms with van der Waals surface area (Å²) in [6.45, 7) is 6.30. The monoisotopic (exact) mass is 426 g/mol. The Morgan fingerprint density at radius 3 is 2.60 bits per heavy atom. The van der Waals surface area contributed by atoms with E-state index in [2.05, 4.69) is 11.0 Å². The predicted octanol–water partition coefficient (Wildman–Crippen LogP) is 2.36. The van der Waals surface area contributed by atoms with E-state index < -0.39 is 5.92 Å². The lowest BCUT2D eigenvalue weighted by atomic mass is 9.84. The minimum absolute atomic E-state index is 0.0230. The molecule has 1 saturated heterocycles. The number of rotatable bonds is 4. The number of nitrogens with two attached hydrogens (primary N) is 1. The van der Waals surface area contributed by atoms with Crippen LogP contribution in [0.2, 0.25) is 5.02 Å². The van der Waals surface area contributed by atoms with E-state index in [1.807, 2.05) is 25.1 Å². The van der Waals surface area contributed by atoms with Crippen LogP contribution in [-0.2, 0) is 11.3 Å². The van der Waals surface area contributed by atoms with Crippen LogP contribution in [0.25, 0.3) is 0 Å². The highest BCUT2D eigenvalue weighted by atomic mass is 35.5. The van der Waals surface area contributed by atoms with Gasteiger partial charge < -0.3 is 19.8 Å². The number of pyridine rings is 1. The van der Waals surface area contributed by atoms with Gasteiger partial charge in [-0.2, -0.15) is 5.26 Å². The number of morpholine rings is 1. The lowest BCUT2D eigenvalue weighted by Crippen LogP contribution is -2.40. The highest BCUT2D eigenvalue weighted by Gasteiger charge is 2.34. The van der Waals surface area contributed by atoms with Gasteiger partial charge in [0.2, 0.25) is 5.88 Å². The Balaban J connectivity index is 1.77. The molecule has 2 aliphatic heterocycles. The van der Waals surface area contributed by atoms with Crippen molar-refractivity contribution >= 4 is 11.6 Å². The Morgan fingerprint density at radius 2 is 1.93 bits per heavy atom. The van der Waals surface area contributed by atoms with Crippen molar-refractivity contribution in [2.45, 2.75) is 19.4 Å². The normalized spacial score (nSPS) is 19.2. The number of hydrogen-bond donors (Lipinski definition) is 1. The maximum Gasteiger partial charge on any atom is 0.258 e. The molecule has 156 valence electrons. The first-order valence-electron chi connectivity index (χ1n) is 9.87. The third-order valence-electron chi connectivity index (χ3n) is 5.64. The van der Waals surface area contributed by atoms with Crippen LogP contribution in [-0.4, -0.2) is 42.3 Å². The second kappa shape index (κ2) is 8.52. The summed E-state index contributed by atoms with van der Waals surface area (Å²) >= 11 is 6.04. The molecule has 2 aromatic rings. The molecular formula is C22H23ClN4O3. The molecule has 0 bridgehead atoms. The summed E-state index contributed by atoms with van der Waals surface area (Å²) < 4.78 is 12.8. The Bertz CT molecular complexity index is 1080. The van der Waals surface area contributed by atoms with Gasteiger partial charge in [0.25, 0.3) is 5.56 Å². The van der Waals surface area contributed by atoms with Gasteiger partial charge in [0.1, 0.15) is 17.4 Å². The van der Waals surface area contributed by atoms with Gasteiger partial charge >= 0.3 is 0 Å². The topological polar surface area (TPSA) is 93.5 Å². The first-order valence-corrected chi connectivity index (χ1v) is 10.2. The van der Waals surface area contributed by atoms with Crippen LogP contribution >= 0.6 is 11.6 Å². The molecule has 1 fully saturated rings. The lowest BCUT2D eigenvalue weighted by molar-refractivity contribution is 0.0362. The maximum absolute atomic E-state index is 13.6. The molecule has 2 aliphatic rings. The largest absolute Gasteiger partial charge is 0.440 e. The van der Waals surface area contributed by atoms with Gasteiger partial charge in [-0.15, -0.1) is 0 Å². The smallest absolute Gasteiger partial charge is 0.258 e. The molecule has 0 radical (unpaired) electrons. The van der Waals surface area contributed by atoms with Crippen molar-refractivity contribution in [1.29, 1.82) is 5.26 Å². The van der Waals surface area contributed by atoms with Crippen molar-refractivity contribution in [3.63, 3.8) is 0 Å². The Hall–Kier alpha value is -2.79. The number of aromatic nitrogens is 1. The molecule has 0 spiro atoms. The number of nitrogens with zero attached hydrogens (tertiary/aromatic N) is 3. The molecule has 1 aromatic carbocycles. The van der Waals surface area contributed by atoms with E-state index in [1.165, 1.54) is 0 Å². The molecule has 1 atom stereocenters. The van der Waals surface area contributed by atoms with Gasteiger partial charge in [0.05, 0.1) is 24.7 Å². The molecule has 0 amide bonds. The van der Waals surface area contributed by atoms with Crippen LogP contribution in [0.3, 0.4) is 0 Å². The Labute approximate surface area is 179 Å². The number of allylic oxidation sites excluding steroid dienone is 1. The number of nitriles is 1. The molecule has 2 N–H and O–H groups in total. The number of hydrogen-bond acceptors (Lipinski definition) is 6. The molecule has 8 heteroatoms. The molecular weight excluding hydrogens is 404 g/mol. The highest BCUT2D eigenvalue weighted by molar-refractivity contribution is 6.30. The van der Waals surface area contributed by atoms with E-state index >= 15 is 0 Å². The standard InChI is InChI=1S/C22H23ClN4O3/c1-14-12-18-20(22(28)27(14)7-6-26-8-10-29-11-9-26)19(17(13-24)21(25)30-18)15-2-4-16(23)5-3-15/h2-5,12,19H,6-11,25H2,1H3/t19-/m0/s1. The van der Waals surface area contributed by atoms with Crippen LogP contribution in [0.4, 0.5) is 0 Å². The lowest BCUT2D eigenvalue weighted by Gasteiger charge is -2.29. The van der Waals surface area contributed by atoms with Gasteiger partial charge in [0.15, 0.2) is 0 Å². The van der Waals surface area contributed by atoms with E-state index in [9.17, 15) is 10.1 Å². The summed E-state index contributed by atoms with van der Waals surface area (Å²) in [5, 5.41) is 10.3. The first kappa shape index (κ1) is 20.5. The van der Waals surface area contributed by atoms with Gasteiger partial charge in [-0.25, -0.2) is 0 Å². The fourth-order valence-corrected chi connectivity index (χ4v) is 4.14. The molecule has 0 saturated carbocycles. The van der Waals surface area contributed by atoms with Crippen molar-refractivity contribution in [3.05, 3.63) is 74.0 Å². The number of aryl methyl sites for hydroxylation is 1. The van der Waals surface area contributed by atoms with Crippen molar-refractivity contribution in [2.75, 3.05) is 32.8 Å². The van der Waals surface area contributed by atoms with Crippen LogP contribution in [0, 0.1) is 18.3 Å². The van der Waals surface area contributed by atoms with Crippen molar-refractivity contribution in [2.24, 2.45) is 5.73 Å². The summed E-state index contributed by atoms with van der Waals surface area (Å²) in [7, 11) is 0. The van der Waals surface area contributed by atoms with Gasteiger partial charge in [-0.1, -0.05) is 23.7 Å². The third kappa shape index (κ3) is 3.82. The molecule has 4 rings (SSSR count). The van der Waals surface area contributed by atoms with Gasteiger partial charge in [-0.3, -0.25) is 9.69 Å². The average Bonchev–Trinajstić information content (AvgIpc) is 2.74. The summed E-state index contributed by atoms with van der Waals surface area (Å²) in [6.07, 6.45) is 0. The van der Waals surface area contributed by atoms with Crippen LogP contribution in [0.15, 0.2) is 46.6 Å². The Kier molecular flexibility index (Phi) is 5.82. The summed E-state index contributed by atoms with van der Waals surface area (Å²) in [5.41, 5.74) is 8.08. The minimum atomic E-state index is -0.598. The third-order valence-corrected chi connectivity index (χ3v) is 5.89. The second-order valence-corrected chi connectivity index (χ2v) is 7.89. The van der Waals surface area contributed by atoms with Crippen LogP contribution in [0.5, 0.6) is 5.75 Å². The van der Waals surface area contributed by atoms with Crippen LogP contribution < -0.4 is 16.0 Å². The van der Waals surface area contributed by atoms with E-state index in [0.29, 0.717) is 36.1 Å². The summed E-state index contributed by atoms with van der Waals surface area (Å²) in [6, 6.07) is 11.0. The Morgan fingerprint density at radius 1 is 1.23 bits per heavy atom. The minimum Gasteiger partial charge on any atom is -0.440 e. The zero-order valence-electron chi connectivity index (χ0n) is 16.7. The van der Waals surface area contributed by atoms with Crippen molar-refractivity contribution in [1.82, 2.24) is 9.47 Å². The van der Waals surface area contributed by atoms with E-state index in [-0.39, 0.29) is 17.0 Å². The predicted molar refractivity (Wildman–Crippen MR) is 113 cm³/mol. The zero-order chi connectivity index (χ0) is 21.3. The first-order chi connectivity index (χ1) is 14.5. The summed E-state index contributed by atoms with van der Waals surface area (Å²) in [5.74, 6) is -0.176. The maximum atomic E-state index is 13.6. The van der Waals surface area contributed by atoms with Crippen molar-refractivity contribution in [3.8, 4) is 11.8 Å². The quantitative estimate of drug-likeness (QED) is 0.806. The molecule has 3 heterocycles. The zero-order valence-corrected chi connectivity index (χ0v) is 17.5. The molecule has 7 nitrogen and oxygen atoms in total. The van der Waals surface area contributed by atoms with Gasteiger partial charge in [-0.05, 0) is 24.6 Å². The van der Waals surface area contributed by atoms with E-state index in [0.717, 1.165) is 30.9 Å². The fraction of sp³-hybridized carbons (Fsp3) is 0.364. The number of fused-ring (bicyclic) bond motifs is 1. The molecule has 0 aliphatic carbocycles. The SMILES string of the molecule is Cc1cc2c(c(=O)n1CCN1CCOCC1)[C@@H](c1ccc(Cl)cc1)C(C#N)=C(N)O2. The van der Waals surface area contributed by atoms with E-state index in [1.54, 1.807) is 16.7 Å².